The van der Waals surface area contributed by atoms with Crippen LogP contribution >= 0.6 is 0 Å². The van der Waals surface area contributed by atoms with E-state index in [-0.39, 0.29) is 0 Å². The van der Waals surface area contributed by atoms with Crippen molar-refractivity contribution in [2.45, 2.75) is 19.0 Å². The molecular weight excluding hydrogens is 229 g/mol. The van der Waals surface area contributed by atoms with Crippen LogP contribution in [0.3, 0.4) is 0 Å². The minimum atomic E-state index is -4.30. The normalized spacial score (nSPS) is 12.2. The molecule has 92 valence electrons. The van der Waals surface area contributed by atoms with Crippen molar-refractivity contribution in [1.29, 1.82) is 0 Å². The lowest BCUT2D eigenvalue weighted by atomic mass is 10.1. The Labute approximate surface area is 96.6 Å². The Hall–Kier alpha value is -1.49. The van der Waals surface area contributed by atoms with Gasteiger partial charge in [-0.3, -0.25) is 0 Å². The van der Waals surface area contributed by atoms with Gasteiger partial charge in [-0.1, -0.05) is 0 Å². The Morgan fingerprint density at radius 3 is 2.65 bits per heavy atom. The number of halogens is 3. The van der Waals surface area contributed by atoms with Crippen molar-refractivity contribution in [3.63, 3.8) is 0 Å². The maximum atomic E-state index is 12.6. The van der Waals surface area contributed by atoms with Gasteiger partial charge in [0.05, 0.1) is 5.56 Å². The summed E-state index contributed by atoms with van der Waals surface area (Å²) in [6, 6.07) is 3.74. The van der Waals surface area contributed by atoms with Crippen molar-refractivity contribution in [2.75, 3.05) is 6.54 Å². The van der Waals surface area contributed by atoms with E-state index in [1.165, 1.54) is 12.1 Å². The lowest BCUT2D eigenvalue weighted by Gasteiger charge is -2.06. The highest BCUT2D eigenvalue weighted by Gasteiger charge is 2.30. The highest BCUT2D eigenvalue weighted by Crippen LogP contribution is 2.32. The van der Waals surface area contributed by atoms with Gasteiger partial charge in [0, 0.05) is 17.1 Å². The van der Waals surface area contributed by atoms with Gasteiger partial charge < -0.3 is 10.7 Å². The van der Waals surface area contributed by atoms with Gasteiger partial charge in [0.1, 0.15) is 0 Å². The third-order valence-electron chi connectivity index (χ3n) is 2.74. The molecule has 0 saturated carbocycles. The van der Waals surface area contributed by atoms with Gasteiger partial charge in [0.2, 0.25) is 0 Å². The maximum absolute atomic E-state index is 12.6. The smallest absolute Gasteiger partial charge is 0.361 e. The lowest BCUT2D eigenvalue weighted by Crippen LogP contribution is -2.04. The number of nitrogens with one attached hydrogen (secondary N) is 1. The number of aromatic amines is 1. The number of hydrogen-bond donors (Lipinski definition) is 2. The highest BCUT2D eigenvalue weighted by molar-refractivity contribution is 5.84. The first-order valence-corrected chi connectivity index (χ1v) is 5.39. The first-order valence-electron chi connectivity index (χ1n) is 5.39. The Morgan fingerprint density at radius 1 is 1.24 bits per heavy atom. The highest BCUT2D eigenvalue weighted by atomic mass is 19.4. The molecule has 0 bridgehead atoms. The number of aromatic nitrogens is 1. The first kappa shape index (κ1) is 12.0. The van der Waals surface area contributed by atoms with Crippen LogP contribution in [0.4, 0.5) is 13.2 Å². The molecule has 0 unspecified atom stereocenters. The van der Waals surface area contributed by atoms with Crippen molar-refractivity contribution >= 4 is 10.9 Å². The molecule has 0 spiro atoms. The van der Waals surface area contributed by atoms with E-state index in [0.717, 1.165) is 23.6 Å². The van der Waals surface area contributed by atoms with Crippen LogP contribution in [0.15, 0.2) is 24.4 Å². The molecule has 0 saturated heterocycles. The van der Waals surface area contributed by atoms with E-state index in [2.05, 4.69) is 4.98 Å². The summed E-state index contributed by atoms with van der Waals surface area (Å²) in [6.07, 6.45) is -1.09. The summed E-state index contributed by atoms with van der Waals surface area (Å²) in [4.78, 5) is 2.97. The van der Waals surface area contributed by atoms with E-state index in [4.69, 9.17) is 5.73 Å². The molecule has 2 nitrogen and oxygen atoms in total. The van der Waals surface area contributed by atoms with Crippen molar-refractivity contribution in [1.82, 2.24) is 4.98 Å². The van der Waals surface area contributed by atoms with Crippen LogP contribution in [-0.2, 0) is 12.6 Å². The Kier molecular flexibility index (Phi) is 3.11. The number of rotatable bonds is 3. The second-order valence-corrected chi connectivity index (χ2v) is 3.96. The Bertz CT molecular complexity index is 514. The summed E-state index contributed by atoms with van der Waals surface area (Å²) in [5, 5.41) is 0.633. The Balaban J connectivity index is 2.43. The van der Waals surface area contributed by atoms with Crippen LogP contribution in [0.5, 0.6) is 0 Å². The number of aryl methyl sites for hydroxylation is 1. The van der Waals surface area contributed by atoms with Crippen LogP contribution in [0.2, 0.25) is 0 Å². The van der Waals surface area contributed by atoms with Crippen LogP contribution in [0.25, 0.3) is 10.9 Å². The summed E-state index contributed by atoms with van der Waals surface area (Å²) < 4.78 is 37.7. The second kappa shape index (κ2) is 4.41. The van der Waals surface area contributed by atoms with E-state index in [1.54, 1.807) is 6.20 Å². The zero-order chi connectivity index (χ0) is 12.5. The van der Waals surface area contributed by atoms with Crippen LogP contribution in [-0.4, -0.2) is 11.5 Å². The molecule has 0 amide bonds. The minimum Gasteiger partial charge on any atom is -0.361 e. The fraction of sp³-hybridized carbons (Fsp3) is 0.333. The molecule has 2 rings (SSSR count). The first-order chi connectivity index (χ1) is 8.02. The number of alkyl halides is 3. The van der Waals surface area contributed by atoms with Gasteiger partial charge in [0.25, 0.3) is 0 Å². The van der Waals surface area contributed by atoms with Gasteiger partial charge in [-0.05, 0) is 43.1 Å². The van der Waals surface area contributed by atoms with E-state index in [0.29, 0.717) is 18.4 Å². The zero-order valence-corrected chi connectivity index (χ0v) is 9.14. The molecule has 17 heavy (non-hydrogen) atoms. The second-order valence-electron chi connectivity index (χ2n) is 3.96. The lowest BCUT2D eigenvalue weighted by molar-refractivity contribution is -0.137. The summed E-state index contributed by atoms with van der Waals surface area (Å²) in [5.41, 5.74) is 6.40. The number of H-pyrrole nitrogens is 1. The standard InChI is InChI=1S/C12H13F3N2/c13-12(14,15)9-3-4-11-10(6-9)8(7-17-11)2-1-5-16/h3-4,6-7,17H,1-2,5,16H2. The van der Waals surface area contributed by atoms with Crippen molar-refractivity contribution in [2.24, 2.45) is 5.73 Å². The average Bonchev–Trinajstić information content (AvgIpc) is 2.67. The van der Waals surface area contributed by atoms with Gasteiger partial charge in [-0.15, -0.1) is 0 Å². The van der Waals surface area contributed by atoms with E-state index in [9.17, 15) is 13.2 Å². The zero-order valence-electron chi connectivity index (χ0n) is 9.14. The van der Waals surface area contributed by atoms with Crippen molar-refractivity contribution in [3.8, 4) is 0 Å². The number of nitrogens with two attached hydrogens (primary N) is 1. The number of benzene rings is 1. The van der Waals surface area contributed by atoms with E-state index < -0.39 is 11.7 Å². The summed E-state index contributed by atoms with van der Waals surface area (Å²) in [5.74, 6) is 0. The maximum Gasteiger partial charge on any atom is 0.416 e. The van der Waals surface area contributed by atoms with Crippen LogP contribution in [0.1, 0.15) is 17.5 Å². The minimum absolute atomic E-state index is 0.533. The van der Waals surface area contributed by atoms with E-state index >= 15 is 0 Å². The molecule has 1 aromatic heterocycles. The molecule has 1 aromatic carbocycles. The molecule has 5 heteroatoms. The topological polar surface area (TPSA) is 41.8 Å². The molecule has 1 heterocycles. The summed E-state index contributed by atoms with van der Waals surface area (Å²) in [6.45, 7) is 0.533. The summed E-state index contributed by atoms with van der Waals surface area (Å²) >= 11 is 0. The van der Waals surface area contributed by atoms with Crippen LogP contribution in [0, 0.1) is 0 Å². The number of fused-ring (bicyclic) bond motifs is 1. The van der Waals surface area contributed by atoms with Gasteiger partial charge in [-0.25, -0.2) is 0 Å². The largest absolute Gasteiger partial charge is 0.416 e. The molecule has 3 N–H and O–H groups in total. The molecule has 0 fully saturated rings. The molecule has 0 radical (unpaired) electrons. The van der Waals surface area contributed by atoms with Crippen LogP contribution < -0.4 is 5.73 Å². The molecule has 0 atom stereocenters. The van der Waals surface area contributed by atoms with Crippen molar-refractivity contribution < 1.29 is 13.2 Å². The predicted molar refractivity (Wildman–Crippen MR) is 60.7 cm³/mol. The van der Waals surface area contributed by atoms with Gasteiger partial charge in [-0.2, -0.15) is 13.2 Å². The molecule has 0 aliphatic rings. The third kappa shape index (κ3) is 2.44. The molecule has 2 aromatic rings. The SMILES string of the molecule is NCCCc1c[nH]c2ccc(C(F)(F)F)cc12. The van der Waals surface area contributed by atoms with E-state index in [1.807, 2.05) is 0 Å². The summed E-state index contributed by atoms with van der Waals surface area (Å²) in [7, 11) is 0. The molecule has 0 aliphatic carbocycles. The fourth-order valence-corrected chi connectivity index (χ4v) is 1.85. The molecular formula is C12H13F3N2. The third-order valence-corrected chi connectivity index (χ3v) is 2.74. The van der Waals surface area contributed by atoms with Gasteiger partial charge >= 0.3 is 6.18 Å². The average molecular weight is 242 g/mol. The fourth-order valence-electron chi connectivity index (χ4n) is 1.85. The van der Waals surface area contributed by atoms with Gasteiger partial charge in [0.15, 0.2) is 0 Å². The number of hydrogen-bond acceptors (Lipinski definition) is 1. The molecule has 0 aliphatic heterocycles. The van der Waals surface area contributed by atoms with Crippen molar-refractivity contribution in [3.05, 3.63) is 35.5 Å². The monoisotopic (exact) mass is 242 g/mol. The predicted octanol–water partition coefficient (Wildman–Crippen LogP) is 3.08. The Morgan fingerprint density at radius 2 is 2.00 bits per heavy atom. The quantitative estimate of drug-likeness (QED) is 0.853.